The number of amides is 1. The summed E-state index contributed by atoms with van der Waals surface area (Å²) in [6.07, 6.45) is 7.07. The number of hydrogen-bond acceptors (Lipinski definition) is 7. The maximum atomic E-state index is 12.4. The maximum Gasteiger partial charge on any atom is 0.326 e. The van der Waals surface area contributed by atoms with Crippen LogP contribution in [0.1, 0.15) is 46.4 Å². The predicted octanol–water partition coefficient (Wildman–Crippen LogP) is 1.33. The van der Waals surface area contributed by atoms with Gasteiger partial charge in [-0.2, -0.15) is 9.97 Å². The number of carboxylic acid groups (broad SMARTS) is 2. The molecule has 0 saturated carbocycles. The highest BCUT2D eigenvalue weighted by Crippen LogP contribution is 2.27. The monoisotopic (exact) mass is 464 g/mol. The summed E-state index contributed by atoms with van der Waals surface area (Å²) < 4.78 is 0. The molecule has 0 aliphatic heterocycles. The predicted molar refractivity (Wildman–Crippen MR) is 125 cm³/mol. The fourth-order valence-corrected chi connectivity index (χ4v) is 3.63. The Balaban J connectivity index is 1.63. The zero-order valence-corrected chi connectivity index (χ0v) is 18.2. The Kier molecular flexibility index (Phi) is 7.33. The van der Waals surface area contributed by atoms with Gasteiger partial charge in [-0.1, -0.05) is 18.1 Å². The first-order chi connectivity index (χ1) is 16.2. The van der Waals surface area contributed by atoms with Gasteiger partial charge in [-0.3, -0.25) is 9.59 Å². The fraction of sp³-hybridized carbons (Fsp3) is 0.261. The summed E-state index contributed by atoms with van der Waals surface area (Å²) in [5.74, 6) is -0.0922. The molecule has 3 rings (SSSR count). The lowest BCUT2D eigenvalue weighted by Crippen LogP contribution is -2.41. The Morgan fingerprint density at radius 2 is 1.82 bits per heavy atom. The van der Waals surface area contributed by atoms with E-state index in [2.05, 4.69) is 26.2 Å². The molecule has 11 heteroatoms. The average molecular weight is 464 g/mol. The summed E-state index contributed by atoms with van der Waals surface area (Å²) in [5, 5.41) is 20.9. The van der Waals surface area contributed by atoms with Crippen molar-refractivity contribution in [2.45, 2.75) is 38.1 Å². The van der Waals surface area contributed by atoms with E-state index in [0.717, 1.165) is 17.5 Å². The minimum absolute atomic E-state index is 0.0575. The van der Waals surface area contributed by atoms with Crippen LogP contribution in [0, 0.1) is 12.3 Å². The van der Waals surface area contributed by atoms with Crippen LogP contribution in [-0.2, 0) is 22.4 Å². The molecule has 1 amide bonds. The third-order valence-electron chi connectivity index (χ3n) is 5.30. The van der Waals surface area contributed by atoms with E-state index in [4.69, 9.17) is 23.0 Å². The van der Waals surface area contributed by atoms with Gasteiger partial charge in [-0.05, 0) is 48.9 Å². The molecule has 34 heavy (non-hydrogen) atoms. The molecular formula is C23H24N6O5. The number of nitrogens with one attached hydrogen (secondary N) is 2. The number of anilines is 2. The van der Waals surface area contributed by atoms with Crippen LogP contribution in [0.3, 0.4) is 0 Å². The first-order valence-electron chi connectivity index (χ1n) is 10.4. The van der Waals surface area contributed by atoms with Crippen LogP contribution in [0.5, 0.6) is 0 Å². The van der Waals surface area contributed by atoms with E-state index in [1.165, 1.54) is 0 Å². The number of benzene rings is 1. The average Bonchev–Trinajstić information content (AvgIpc) is 3.14. The van der Waals surface area contributed by atoms with E-state index < -0.39 is 23.9 Å². The van der Waals surface area contributed by atoms with Gasteiger partial charge in [0.1, 0.15) is 17.5 Å². The Bertz CT molecular complexity index is 1280. The zero-order chi connectivity index (χ0) is 24.8. The minimum Gasteiger partial charge on any atom is -0.481 e. The number of aliphatic carboxylic acids is 2. The first-order valence-corrected chi connectivity index (χ1v) is 10.4. The van der Waals surface area contributed by atoms with Crippen molar-refractivity contribution in [1.29, 1.82) is 0 Å². The van der Waals surface area contributed by atoms with Crippen LogP contribution in [-0.4, -0.2) is 49.1 Å². The summed E-state index contributed by atoms with van der Waals surface area (Å²) in [7, 11) is 0. The Hall–Kier alpha value is -4.59. The zero-order valence-electron chi connectivity index (χ0n) is 18.2. The second-order valence-corrected chi connectivity index (χ2v) is 7.66. The second-order valence-electron chi connectivity index (χ2n) is 7.66. The van der Waals surface area contributed by atoms with Crippen molar-refractivity contribution in [2.75, 3.05) is 11.5 Å². The van der Waals surface area contributed by atoms with Gasteiger partial charge in [-0.15, -0.1) is 6.42 Å². The molecular weight excluding hydrogens is 440 g/mol. The quantitative estimate of drug-likeness (QED) is 0.240. The van der Waals surface area contributed by atoms with Gasteiger partial charge in [-0.25, -0.2) is 4.79 Å². The molecule has 2 aromatic heterocycles. The van der Waals surface area contributed by atoms with E-state index in [0.29, 0.717) is 29.6 Å². The number of terminal acetylenes is 1. The Morgan fingerprint density at radius 1 is 1.12 bits per heavy atom. The van der Waals surface area contributed by atoms with Crippen LogP contribution in [0.2, 0.25) is 0 Å². The fourth-order valence-electron chi connectivity index (χ4n) is 3.63. The molecule has 0 aliphatic carbocycles. The van der Waals surface area contributed by atoms with E-state index in [-0.39, 0.29) is 30.2 Å². The number of carbonyl (C=O) groups is 3. The normalized spacial score (nSPS) is 11.6. The van der Waals surface area contributed by atoms with Gasteiger partial charge >= 0.3 is 11.9 Å². The number of aryl methyl sites for hydroxylation is 2. The highest BCUT2D eigenvalue weighted by atomic mass is 16.4. The number of fused-ring (bicyclic) bond motifs is 1. The lowest BCUT2D eigenvalue weighted by Gasteiger charge is -2.13. The van der Waals surface area contributed by atoms with Crippen LogP contribution >= 0.6 is 0 Å². The second kappa shape index (κ2) is 10.4. The van der Waals surface area contributed by atoms with Gasteiger partial charge in [0, 0.05) is 12.0 Å². The molecule has 0 radical (unpaired) electrons. The third-order valence-corrected chi connectivity index (χ3v) is 5.30. The standard InChI is InChI=1S/C23H24N6O5/c1-2-15-14(18-19(24)28-23(25)29-20(18)26-15)5-3-4-12-6-8-13(9-7-12)21(32)27-16(22(33)34)10-11-17(30)31/h1,6-9,16H,3-5,10-11H2,(H,27,32)(H,30,31)(H,33,34)(H5,24,25,26,28,29)/t16-/m0/s1. The van der Waals surface area contributed by atoms with Crippen molar-refractivity contribution in [2.24, 2.45) is 0 Å². The number of aromatic nitrogens is 3. The number of nitrogens with zero attached hydrogens (tertiary/aromatic N) is 2. The number of aromatic amines is 1. The topological polar surface area (TPSA) is 197 Å². The molecule has 2 heterocycles. The van der Waals surface area contributed by atoms with E-state index in [1.54, 1.807) is 24.3 Å². The molecule has 0 fully saturated rings. The van der Waals surface area contributed by atoms with Crippen molar-refractivity contribution in [3.8, 4) is 12.3 Å². The highest BCUT2D eigenvalue weighted by molar-refractivity contribution is 5.96. The number of carbonyl (C=O) groups excluding carboxylic acids is 1. The van der Waals surface area contributed by atoms with Gasteiger partial charge in [0.05, 0.1) is 11.1 Å². The molecule has 1 aromatic carbocycles. The van der Waals surface area contributed by atoms with Crippen LogP contribution in [0.4, 0.5) is 11.8 Å². The van der Waals surface area contributed by atoms with Gasteiger partial charge in [0.25, 0.3) is 5.91 Å². The van der Waals surface area contributed by atoms with Crippen molar-refractivity contribution < 1.29 is 24.6 Å². The minimum atomic E-state index is -1.29. The van der Waals surface area contributed by atoms with E-state index >= 15 is 0 Å². The van der Waals surface area contributed by atoms with Crippen LogP contribution in [0.15, 0.2) is 24.3 Å². The molecule has 0 bridgehead atoms. The molecule has 0 unspecified atom stereocenters. The molecule has 0 spiro atoms. The largest absolute Gasteiger partial charge is 0.481 e. The lowest BCUT2D eigenvalue weighted by molar-refractivity contribution is -0.140. The van der Waals surface area contributed by atoms with Crippen molar-refractivity contribution >= 4 is 40.6 Å². The van der Waals surface area contributed by atoms with Crippen molar-refractivity contribution in [1.82, 2.24) is 20.3 Å². The maximum absolute atomic E-state index is 12.4. The van der Waals surface area contributed by atoms with Gasteiger partial charge < -0.3 is 32.0 Å². The summed E-state index contributed by atoms with van der Waals surface area (Å²) in [4.78, 5) is 45.5. The number of nitrogen functional groups attached to an aromatic ring is 2. The molecule has 8 N–H and O–H groups in total. The number of rotatable bonds is 10. The molecule has 11 nitrogen and oxygen atoms in total. The molecule has 176 valence electrons. The summed E-state index contributed by atoms with van der Waals surface area (Å²) in [6.45, 7) is 0. The number of nitrogens with two attached hydrogens (primary N) is 2. The molecule has 0 aliphatic rings. The van der Waals surface area contributed by atoms with Gasteiger partial charge in [0.2, 0.25) is 5.95 Å². The Labute approximate surface area is 194 Å². The molecule has 0 saturated heterocycles. The van der Waals surface area contributed by atoms with Crippen molar-refractivity contribution in [3.63, 3.8) is 0 Å². The van der Waals surface area contributed by atoms with Gasteiger partial charge in [0.15, 0.2) is 0 Å². The van der Waals surface area contributed by atoms with E-state index in [9.17, 15) is 19.5 Å². The third kappa shape index (κ3) is 5.60. The van der Waals surface area contributed by atoms with Crippen LogP contribution in [0.25, 0.3) is 11.0 Å². The summed E-state index contributed by atoms with van der Waals surface area (Å²) in [5.41, 5.74) is 14.8. The molecule has 3 aromatic rings. The van der Waals surface area contributed by atoms with E-state index in [1.807, 2.05) is 0 Å². The van der Waals surface area contributed by atoms with Crippen LogP contribution < -0.4 is 16.8 Å². The summed E-state index contributed by atoms with van der Waals surface area (Å²) in [6, 6.07) is 5.45. The smallest absolute Gasteiger partial charge is 0.326 e. The summed E-state index contributed by atoms with van der Waals surface area (Å²) >= 11 is 0. The number of H-pyrrole nitrogens is 1. The Morgan fingerprint density at radius 3 is 2.44 bits per heavy atom. The SMILES string of the molecule is C#Cc1[nH]c2nc(N)nc(N)c2c1CCCc1ccc(C(=O)N[C@@H](CCC(=O)O)C(=O)O)cc1. The van der Waals surface area contributed by atoms with Crippen molar-refractivity contribution in [3.05, 3.63) is 46.6 Å². The lowest BCUT2D eigenvalue weighted by atomic mass is 10.0. The first kappa shape index (κ1) is 24.1. The molecule has 1 atom stereocenters. The number of carboxylic acids is 2. The highest BCUT2D eigenvalue weighted by Gasteiger charge is 2.21. The number of hydrogen-bond donors (Lipinski definition) is 6.